The van der Waals surface area contributed by atoms with Crippen LogP contribution in [0.5, 0.6) is 5.75 Å². The second-order valence-corrected chi connectivity index (χ2v) is 5.02. The topological polar surface area (TPSA) is 42.4 Å². The predicted octanol–water partition coefficient (Wildman–Crippen LogP) is 2.43. The molecule has 0 fully saturated rings. The molecule has 0 spiro atoms. The van der Waals surface area contributed by atoms with Crippen molar-refractivity contribution in [1.29, 1.82) is 0 Å². The van der Waals surface area contributed by atoms with Crippen LogP contribution >= 0.6 is 0 Å². The number of benzene rings is 1. The van der Waals surface area contributed by atoms with E-state index in [-0.39, 0.29) is 18.3 Å². The highest BCUT2D eigenvalue weighted by Crippen LogP contribution is 2.18. The molecule has 1 aromatic carbocycles. The van der Waals surface area contributed by atoms with E-state index in [2.05, 4.69) is 4.98 Å². The first-order valence-corrected chi connectivity index (χ1v) is 6.76. The first kappa shape index (κ1) is 13.5. The highest BCUT2D eigenvalue weighted by molar-refractivity contribution is 5.96. The van der Waals surface area contributed by atoms with Crippen LogP contribution in [0.25, 0.3) is 0 Å². The number of aromatic nitrogens is 1. The summed E-state index contributed by atoms with van der Waals surface area (Å²) in [4.78, 5) is 18.1. The second kappa shape index (κ2) is 5.52. The molecule has 5 heteroatoms. The highest BCUT2D eigenvalue weighted by atomic mass is 19.1. The van der Waals surface area contributed by atoms with Gasteiger partial charge in [0.1, 0.15) is 18.2 Å². The molecule has 108 valence electrons. The van der Waals surface area contributed by atoms with Gasteiger partial charge in [0.2, 0.25) is 0 Å². The number of hydrogen-bond donors (Lipinski definition) is 0. The van der Waals surface area contributed by atoms with E-state index in [1.165, 1.54) is 12.1 Å². The lowest BCUT2D eigenvalue weighted by atomic mass is 10.0. The van der Waals surface area contributed by atoms with E-state index in [9.17, 15) is 9.18 Å². The van der Waals surface area contributed by atoms with Crippen LogP contribution in [0.4, 0.5) is 4.39 Å². The van der Waals surface area contributed by atoms with Crippen LogP contribution in [0.15, 0.2) is 36.4 Å². The third-order valence-electron chi connectivity index (χ3n) is 3.48. The summed E-state index contributed by atoms with van der Waals surface area (Å²) >= 11 is 0. The van der Waals surface area contributed by atoms with Crippen molar-refractivity contribution in [2.45, 2.75) is 13.0 Å². The van der Waals surface area contributed by atoms with E-state index >= 15 is 0 Å². The maximum atomic E-state index is 13.1. The number of likely N-dealkylation sites (N-methyl/N-ethyl adjacent to an activating group) is 1. The van der Waals surface area contributed by atoms with Gasteiger partial charge in [0, 0.05) is 26.1 Å². The standard InChI is InChI=1S/C16H15FN2O2/c1-19-8-7-15-14(16(19)20)6-5-12(18-15)10-21-13-4-2-3-11(17)9-13/h2-6,9H,7-8,10H2,1H3. The van der Waals surface area contributed by atoms with E-state index in [1.54, 1.807) is 36.2 Å². The summed E-state index contributed by atoms with van der Waals surface area (Å²) in [6, 6.07) is 9.54. The number of carbonyl (C=O) groups excluding carboxylic acids is 1. The van der Waals surface area contributed by atoms with Gasteiger partial charge in [-0.15, -0.1) is 0 Å². The Bertz CT molecular complexity index is 688. The number of halogens is 1. The summed E-state index contributed by atoms with van der Waals surface area (Å²) in [6.07, 6.45) is 0.741. The SMILES string of the molecule is CN1CCc2nc(COc3cccc(F)c3)ccc2C1=O. The molecular formula is C16H15FN2O2. The number of hydrogen-bond acceptors (Lipinski definition) is 3. The maximum Gasteiger partial charge on any atom is 0.255 e. The Kier molecular flexibility index (Phi) is 3.56. The minimum atomic E-state index is -0.334. The Morgan fingerprint density at radius 2 is 2.19 bits per heavy atom. The molecule has 0 radical (unpaired) electrons. The zero-order valence-corrected chi connectivity index (χ0v) is 11.7. The molecule has 1 aromatic heterocycles. The van der Waals surface area contributed by atoms with Gasteiger partial charge in [0.15, 0.2) is 0 Å². The average Bonchev–Trinajstić information content (AvgIpc) is 2.49. The predicted molar refractivity (Wildman–Crippen MR) is 75.6 cm³/mol. The third-order valence-corrected chi connectivity index (χ3v) is 3.48. The summed E-state index contributed by atoms with van der Waals surface area (Å²) in [5.74, 6) is 0.131. The van der Waals surface area contributed by atoms with Gasteiger partial charge in [0.05, 0.1) is 17.0 Å². The van der Waals surface area contributed by atoms with Gasteiger partial charge in [-0.2, -0.15) is 0 Å². The van der Waals surface area contributed by atoms with Crippen LogP contribution < -0.4 is 4.74 Å². The Balaban J connectivity index is 1.74. The molecule has 0 bridgehead atoms. The van der Waals surface area contributed by atoms with Crippen LogP contribution in [-0.4, -0.2) is 29.4 Å². The van der Waals surface area contributed by atoms with Gasteiger partial charge < -0.3 is 9.64 Å². The van der Waals surface area contributed by atoms with Crippen molar-refractivity contribution in [3.05, 3.63) is 59.2 Å². The molecule has 2 heterocycles. The fourth-order valence-corrected chi connectivity index (χ4v) is 2.31. The van der Waals surface area contributed by atoms with Crippen LogP contribution in [0.3, 0.4) is 0 Å². The number of pyridine rings is 1. The first-order chi connectivity index (χ1) is 10.1. The molecule has 0 saturated carbocycles. The largest absolute Gasteiger partial charge is 0.487 e. The monoisotopic (exact) mass is 286 g/mol. The maximum absolute atomic E-state index is 13.1. The lowest BCUT2D eigenvalue weighted by molar-refractivity contribution is 0.0779. The summed E-state index contributed by atoms with van der Waals surface area (Å²) in [5.41, 5.74) is 2.19. The molecule has 4 nitrogen and oxygen atoms in total. The van der Waals surface area contributed by atoms with Crippen molar-refractivity contribution >= 4 is 5.91 Å². The number of amides is 1. The minimum absolute atomic E-state index is 0.00125. The van der Waals surface area contributed by atoms with Crippen LogP contribution in [0, 0.1) is 5.82 Å². The Hall–Kier alpha value is -2.43. The lowest BCUT2D eigenvalue weighted by Crippen LogP contribution is -2.34. The number of fused-ring (bicyclic) bond motifs is 1. The number of carbonyl (C=O) groups is 1. The summed E-state index contributed by atoms with van der Waals surface area (Å²) in [7, 11) is 1.78. The smallest absolute Gasteiger partial charge is 0.255 e. The lowest BCUT2D eigenvalue weighted by Gasteiger charge is -2.24. The molecule has 0 unspecified atom stereocenters. The molecule has 0 N–H and O–H groups in total. The average molecular weight is 286 g/mol. The van der Waals surface area contributed by atoms with Crippen molar-refractivity contribution in [3.8, 4) is 5.75 Å². The van der Waals surface area contributed by atoms with Crippen LogP contribution in [0.2, 0.25) is 0 Å². The molecule has 1 amide bonds. The van der Waals surface area contributed by atoms with Crippen molar-refractivity contribution < 1.29 is 13.9 Å². The summed E-state index contributed by atoms with van der Waals surface area (Å²) < 4.78 is 18.6. The van der Waals surface area contributed by atoms with E-state index in [4.69, 9.17) is 4.74 Å². The van der Waals surface area contributed by atoms with E-state index in [0.717, 1.165) is 17.8 Å². The number of ether oxygens (including phenoxy) is 1. The van der Waals surface area contributed by atoms with E-state index in [1.807, 2.05) is 0 Å². The minimum Gasteiger partial charge on any atom is -0.487 e. The van der Waals surface area contributed by atoms with Crippen molar-refractivity contribution in [1.82, 2.24) is 9.88 Å². The summed E-state index contributed by atoms with van der Waals surface area (Å²) in [6.45, 7) is 0.924. The van der Waals surface area contributed by atoms with E-state index < -0.39 is 0 Å². The summed E-state index contributed by atoms with van der Waals surface area (Å²) in [5, 5.41) is 0. The van der Waals surface area contributed by atoms with Gasteiger partial charge in [-0.25, -0.2) is 4.39 Å². The highest BCUT2D eigenvalue weighted by Gasteiger charge is 2.22. The van der Waals surface area contributed by atoms with Crippen molar-refractivity contribution in [3.63, 3.8) is 0 Å². The number of nitrogens with zero attached hydrogens (tertiary/aromatic N) is 2. The van der Waals surface area contributed by atoms with Gasteiger partial charge in [-0.3, -0.25) is 9.78 Å². The fraction of sp³-hybridized carbons (Fsp3) is 0.250. The molecule has 3 rings (SSSR count). The van der Waals surface area contributed by atoms with Crippen LogP contribution in [0.1, 0.15) is 21.7 Å². The Morgan fingerprint density at radius 3 is 3.00 bits per heavy atom. The van der Waals surface area contributed by atoms with Gasteiger partial charge in [-0.1, -0.05) is 6.07 Å². The quantitative estimate of drug-likeness (QED) is 0.870. The van der Waals surface area contributed by atoms with Gasteiger partial charge >= 0.3 is 0 Å². The Labute approximate surface area is 122 Å². The second-order valence-electron chi connectivity index (χ2n) is 5.02. The molecule has 0 atom stereocenters. The van der Waals surface area contributed by atoms with Crippen LogP contribution in [-0.2, 0) is 13.0 Å². The third kappa shape index (κ3) is 2.86. The number of rotatable bonds is 3. The molecule has 0 saturated heterocycles. The molecule has 21 heavy (non-hydrogen) atoms. The fourth-order valence-electron chi connectivity index (χ4n) is 2.31. The first-order valence-electron chi connectivity index (χ1n) is 6.76. The Morgan fingerprint density at radius 1 is 1.33 bits per heavy atom. The zero-order chi connectivity index (χ0) is 14.8. The van der Waals surface area contributed by atoms with Gasteiger partial charge in [-0.05, 0) is 24.3 Å². The molecule has 1 aliphatic heterocycles. The van der Waals surface area contributed by atoms with Crippen molar-refractivity contribution in [2.24, 2.45) is 0 Å². The molecule has 0 aliphatic carbocycles. The van der Waals surface area contributed by atoms with Crippen molar-refractivity contribution in [2.75, 3.05) is 13.6 Å². The molecular weight excluding hydrogens is 271 g/mol. The van der Waals surface area contributed by atoms with Gasteiger partial charge in [0.25, 0.3) is 5.91 Å². The molecule has 2 aromatic rings. The molecule has 1 aliphatic rings. The normalized spacial score (nSPS) is 14.0. The van der Waals surface area contributed by atoms with E-state index in [0.29, 0.717) is 17.9 Å². The zero-order valence-electron chi connectivity index (χ0n) is 11.7.